The lowest BCUT2D eigenvalue weighted by Gasteiger charge is -2.37. The molecule has 2 heterocycles. The van der Waals surface area contributed by atoms with E-state index in [-0.39, 0.29) is 12.0 Å². The van der Waals surface area contributed by atoms with Crippen LogP contribution in [0.2, 0.25) is 0 Å². The van der Waals surface area contributed by atoms with Gasteiger partial charge in [0, 0.05) is 62.4 Å². The maximum Gasteiger partial charge on any atom is 0.136 e. The minimum absolute atomic E-state index is 0.0209. The number of piperazine rings is 1. The van der Waals surface area contributed by atoms with Crippen LogP contribution in [-0.2, 0) is 5.41 Å². The predicted molar refractivity (Wildman–Crippen MR) is 102 cm³/mol. The van der Waals surface area contributed by atoms with Crippen molar-refractivity contribution in [3.63, 3.8) is 0 Å². The lowest BCUT2D eigenvalue weighted by atomic mass is 9.82. The Kier molecular flexibility index (Phi) is 5.64. The molecule has 5 nitrogen and oxygen atoms in total. The average molecular weight is 347 g/mol. The number of nitrogens with zero attached hydrogens (tertiary/aromatic N) is 4. The molecule has 1 aliphatic carbocycles. The summed E-state index contributed by atoms with van der Waals surface area (Å²) < 4.78 is 0. The summed E-state index contributed by atoms with van der Waals surface area (Å²) in [5.41, 5.74) is 1.23. The molecule has 0 bridgehead atoms. The number of hydrogen-bond acceptors (Lipinski definition) is 5. The third-order valence-corrected chi connectivity index (χ3v) is 5.50. The molecule has 0 spiro atoms. The minimum Gasteiger partial charge on any atom is -0.396 e. The molecule has 3 rings (SSSR count). The smallest absolute Gasteiger partial charge is 0.136 e. The van der Waals surface area contributed by atoms with E-state index in [4.69, 9.17) is 9.97 Å². The van der Waals surface area contributed by atoms with E-state index in [2.05, 4.69) is 43.6 Å². The van der Waals surface area contributed by atoms with Crippen molar-refractivity contribution in [2.45, 2.75) is 58.3 Å². The molecule has 140 valence electrons. The summed E-state index contributed by atoms with van der Waals surface area (Å²) in [5.74, 6) is 3.07. The Balaban J connectivity index is 1.73. The van der Waals surface area contributed by atoms with Gasteiger partial charge in [-0.1, -0.05) is 34.1 Å². The fraction of sp³-hybridized carbons (Fsp3) is 0.800. The van der Waals surface area contributed by atoms with Crippen molar-refractivity contribution in [1.82, 2.24) is 14.9 Å². The SMILES string of the molecule is C[C@H](CO)CN1CCN(c2cc(C3CCC3)nc(C(C)(C)C)n2)CC1. The van der Waals surface area contributed by atoms with Crippen LogP contribution in [0.25, 0.3) is 0 Å². The Labute approximate surface area is 152 Å². The van der Waals surface area contributed by atoms with Crippen molar-refractivity contribution in [2.24, 2.45) is 5.92 Å². The Morgan fingerprint density at radius 1 is 1.16 bits per heavy atom. The van der Waals surface area contributed by atoms with Crippen LogP contribution in [0.1, 0.15) is 64.4 Å². The van der Waals surface area contributed by atoms with Crippen LogP contribution in [0.3, 0.4) is 0 Å². The topological polar surface area (TPSA) is 52.5 Å². The second kappa shape index (κ2) is 7.58. The molecule has 2 fully saturated rings. The fourth-order valence-corrected chi connectivity index (χ4v) is 3.52. The van der Waals surface area contributed by atoms with Crippen molar-refractivity contribution in [1.29, 1.82) is 0 Å². The van der Waals surface area contributed by atoms with Gasteiger partial charge in [-0.15, -0.1) is 0 Å². The highest BCUT2D eigenvalue weighted by molar-refractivity contribution is 5.42. The fourth-order valence-electron chi connectivity index (χ4n) is 3.52. The van der Waals surface area contributed by atoms with Gasteiger partial charge in [0.1, 0.15) is 11.6 Å². The Hall–Kier alpha value is -1.20. The molecule has 0 aromatic carbocycles. The number of aromatic nitrogens is 2. The van der Waals surface area contributed by atoms with Gasteiger partial charge in [0.25, 0.3) is 0 Å². The van der Waals surface area contributed by atoms with Gasteiger partial charge in [0.05, 0.1) is 0 Å². The molecule has 1 atom stereocenters. The Morgan fingerprint density at radius 3 is 2.36 bits per heavy atom. The summed E-state index contributed by atoms with van der Waals surface area (Å²) >= 11 is 0. The predicted octanol–water partition coefficient (Wildman–Crippen LogP) is 2.79. The van der Waals surface area contributed by atoms with E-state index in [1.165, 1.54) is 25.0 Å². The first-order valence-electron chi connectivity index (χ1n) is 9.84. The van der Waals surface area contributed by atoms with Gasteiger partial charge in [0.15, 0.2) is 0 Å². The summed E-state index contributed by atoms with van der Waals surface area (Å²) in [5, 5.41) is 9.26. The van der Waals surface area contributed by atoms with E-state index in [0.717, 1.165) is 44.4 Å². The van der Waals surface area contributed by atoms with Crippen molar-refractivity contribution >= 4 is 5.82 Å². The van der Waals surface area contributed by atoms with Crippen molar-refractivity contribution in [2.75, 3.05) is 44.2 Å². The number of rotatable bonds is 5. The molecule has 1 N–H and O–H groups in total. The highest BCUT2D eigenvalue weighted by Crippen LogP contribution is 2.37. The Morgan fingerprint density at radius 2 is 1.84 bits per heavy atom. The van der Waals surface area contributed by atoms with Gasteiger partial charge in [-0.3, -0.25) is 4.90 Å². The van der Waals surface area contributed by atoms with Crippen LogP contribution in [0, 0.1) is 5.92 Å². The van der Waals surface area contributed by atoms with Crippen molar-refractivity contribution < 1.29 is 5.11 Å². The first-order chi connectivity index (χ1) is 11.9. The Bertz CT molecular complexity index is 572. The zero-order chi connectivity index (χ0) is 18.0. The third kappa shape index (κ3) is 4.50. The van der Waals surface area contributed by atoms with E-state index in [0.29, 0.717) is 11.8 Å². The molecule has 2 aliphatic rings. The molecule has 5 heteroatoms. The standard InChI is InChI=1S/C20H34N4O/c1-15(14-25)13-23-8-10-24(11-9-23)18-12-17(16-6-5-7-16)21-19(22-18)20(2,3)4/h12,15-16,25H,5-11,13-14H2,1-4H3/t15-/m0/s1. The molecule has 1 aliphatic heterocycles. The second-order valence-corrected chi connectivity index (χ2v) is 8.93. The van der Waals surface area contributed by atoms with Gasteiger partial charge in [-0.2, -0.15) is 0 Å². The van der Waals surface area contributed by atoms with Gasteiger partial charge >= 0.3 is 0 Å². The number of hydrogen-bond donors (Lipinski definition) is 1. The van der Waals surface area contributed by atoms with E-state index in [9.17, 15) is 5.11 Å². The van der Waals surface area contributed by atoms with E-state index < -0.39 is 0 Å². The zero-order valence-electron chi connectivity index (χ0n) is 16.3. The summed E-state index contributed by atoms with van der Waals surface area (Å²) in [6.45, 7) is 14.0. The van der Waals surface area contributed by atoms with Crippen molar-refractivity contribution in [3.8, 4) is 0 Å². The lowest BCUT2D eigenvalue weighted by molar-refractivity contribution is 0.167. The third-order valence-electron chi connectivity index (χ3n) is 5.50. The molecule has 1 aromatic rings. The molecular weight excluding hydrogens is 312 g/mol. The zero-order valence-corrected chi connectivity index (χ0v) is 16.3. The van der Waals surface area contributed by atoms with Crippen molar-refractivity contribution in [3.05, 3.63) is 17.6 Å². The number of aliphatic hydroxyl groups excluding tert-OH is 1. The largest absolute Gasteiger partial charge is 0.396 e. The first-order valence-corrected chi connectivity index (χ1v) is 9.84. The first kappa shape index (κ1) is 18.6. The molecule has 0 unspecified atom stereocenters. The van der Waals surface area contributed by atoms with Crippen LogP contribution in [0.15, 0.2) is 6.07 Å². The van der Waals surface area contributed by atoms with Gasteiger partial charge in [0.2, 0.25) is 0 Å². The monoisotopic (exact) mass is 346 g/mol. The van der Waals surface area contributed by atoms with Gasteiger partial charge in [-0.05, 0) is 18.8 Å². The van der Waals surface area contributed by atoms with Crippen LogP contribution in [0.4, 0.5) is 5.82 Å². The second-order valence-electron chi connectivity index (χ2n) is 8.93. The molecule has 1 aromatic heterocycles. The molecule has 0 amide bonds. The maximum atomic E-state index is 9.26. The molecule has 1 saturated carbocycles. The maximum absolute atomic E-state index is 9.26. The highest BCUT2D eigenvalue weighted by atomic mass is 16.3. The van der Waals surface area contributed by atoms with E-state index in [1.807, 2.05) is 0 Å². The summed E-state index contributed by atoms with van der Waals surface area (Å²) in [7, 11) is 0. The lowest BCUT2D eigenvalue weighted by Crippen LogP contribution is -2.48. The molecule has 0 radical (unpaired) electrons. The molecular formula is C20H34N4O. The molecule has 1 saturated heterocycles. The van der Waals surface area contributed by atoms with Gasteiger partial charge < -0.3 is 10.0 Å². The van der Waals surface area contributed by atoms with E-state index >= 15 is 0 Å². The van der Waals surface area contributed by atoms with E-state index in [1.54, 1.807) is 0 Å². The summed E-state index contributed by atoms with van der Waals surface area (Å²) in [4.78, 5) is 14.7. The summed E-state index contributed by atoms with van der Waals surface area (Å²) in [6.07, 6.45) is 3.87. The van der Waals surface area contributed by atoms with Crippen LogP contribution < -0.4 is 4.90 Å². The van der Waals surface area contributed by atoms with Gasteiger partial charge in [-0.25, -0.2) is 9.97 Å². The number of anilines is 1. The normalized spacial score (nSPS) is 21.2. The number of aliphatic hydroxyl groups is 1. The minimum atomic E-state index is -0.0209. The average Bonchev–Trinajstić information content (AvgIpc) is 2.52. The highest BCUT2D eigenvalue weighted by Gasteiger charge is 2.27. The van der Waals surface area contributed by atoms with Crippen LogP contribution in [0.5, 0.6) is 0 Å². The van der Waals surface area contributed by atoms with Crippen LogP contribution in [-0.4, -0.2) is 59.3 Å². The molecule has 25 heavy (non-hydrogen) atoms. The quantitative estimate of drug-likeness (QED) is 0.888. The van der Waals surface area contributed by atoms with Crippen LogP contribution >= 0.6 is 0 Å². The summed E-state index contributed by atoms with van der Waals surface area (Å²) in [6, 6.07) is 2.24.